The summed E-state index contributed by atoms with van der Waals surface area (Å²) >= 11 is 1.76. The summed E-state index contributed by atoms with van der Waals surface area (Å²) in [7, 11) is 1.85. The predicted octanol–water partition coefficient (Wildman–Crippen LogP) is 3.82. The zero-order valence-electron chi connectivity index (χ0n) is 12.6. The van der Waals surface area contributed by atoms with Crippen molar-refractivity contribution >= 4 is 41.3 Å². The van der Waals surface area contributed by atoms with Gasteiger partial charge >= 0.3 is 0 Å². The first-order chi connectivity index (χ1) is 9.24. The number of nitrogens with one attached hydrogen (secondary N) is 2. The van der Waals surface area contributed by atoms with Gasteiger partial charge in [-0.1, -0.05) is 20.3 Å². The third kappa shape index (κ3) is 5.24. The van der Waals surface area contributed by atoms with Crippen LogP contribution in [0.25, 0.3) is 0 Å². The molecule has 20 heavy (non-hydrogen) atoms. The number of nitrogens with zero attached hydrogens (tertiary/aromatic N) is 1. The highest BCUT2D eigenvalue weighted by Crippen LogP contribution is 2.34. The van der Waals surface area contributed by atoms with Crippen molar-refractivity contribution in [1.82, 2.24) is 10.6 Å². The molecule has 1 fully saturated rings. The third-order valence-corrected chi connectivity index (χ3v) is 4.52. The molecule has 1 aromatic heterocycles. The van der Waals surface area contributed by atoms with Gasteiger partial charge in [0.15, 0.2) is 5.96 Å². The van der Waals surface area contributed by atoms with Gasteiger partial charge in [0.2, 0.25) is 0 Å². The summed E-state index contributed by atoms with van der Waals surface area (Å²) in [6.07, 6.45) is 3.92. The molecule has 1 aromatic rings. The average molecular weight is 407 g/mol. The van der Waals surface area contributed by atoms with Crippen molar-refractivity contribution in [3.05, 3.63) is 22.4 Å². The SMILES string of the molecule is CCCC1CC1NC(=NC)NCC(C)c1ccsc1.I. The molecule has 1 saturated carbocycles. The van der Waals surface area contributed by atoms with Crippen LogP contribution in [0.3, 0.4) is 0 Å². The van der Waals surface area contributed by atoms with Gasteiger partial charge in [0.1, 0.15) is 0 Å². The minimum Gasteiger partial charge on any atom is -0.356 e. The van der Waals surface area contributed by atoms with Gasteiger partial charge in [-0.15, -0.1) is 24.0 Å². The van der Waals surface area contributed by atoms with Crippen molar-refractivity contribution in [2.75, 3.05) is 13.6 Å². The van der Waals surface area contributed by atoms with Gasteiger partial charge in [-0.3, -0.25) is 4.99 Å². The second kappa shape index (κ2) is 8.87. The number of hydrogen-bond acceptors (Lipinski definition) is 2. The molecule has 1 aliphatic carbocycles. The van der Waals surface area contributed by atoms with E-state index >= 15 is 0 Å². The average Bonchev–Trinajstić information content (AvgIpc) is 2.94. The molecule has 0 radical (unpaired) electrons. The molecule has 2 N–H and O–H groups in total. The number of rotatable bonds is 6. The van der Waals surface area contributed by atoms with E-state index in [-0.39, 0.29) is 24.0 Å². The Morgan fingerprint density at radius 2 is 2.35 bits per heavy atom. The fraction of sp³-hybridized carbons (Fsp3) is 0.667. The monoisotopic (exact) mass is 407 g/mol. The first-order valence-electron chi connectivity index (χ1n) is 7.23. The van der Waals surface area contributed by atoms with Crippen molar-refractivity contribution in [1.29, 1.82) is 0 Å². The molecule has 5 heteroatoms. The van der Waals surface area contributed by atoms with Gasteiger partial charge in [0, 0.05) is 19.6 Å². The van der Waals surface area contributed by atoms with Crippen molar-refractivity contribution in [3.8, 4) is 0 Å². The van der Waals surface area contributed by atoms with E-state index in [1.165, 1.54) is 24.8 Å². The lowest BCUT2D eigenvalue weighted by molar-refractivity contribution is 0.647. The van der Waals surface area contributed by atoms with Crippen LogP contribution in [0.4, 0.5) is 0 Å². The summed E-state index contributed by atoms with van der Waals surface area (Å²) in [5.41, 5.74) is 1.41. The van der Waals surface area contributed by atoms with Crippen LogP contribution >= 0.6 is 35.3 Å². The minimum absolute atomic E-state index is 0. The highest BCUT2D eigenvalue weighted by Gasteiger charge is 2.36. The summed E-state index contributed by atoms with van der Waals surface area (Å²) in [5.74, 6) is 2.33. The second-order valence-corrected chi connectivity index (χ2v) is 6.23. The van der Waals surface area contributed by atoms with Crippen LogP contribution in [0.1, 0.15) is 44.6 Å². The fourth-order valence-electron chi connectivity index (χ4n) is 2.41. The number of thiophene rings is 1. The van der Waals surface area contributed by atoms with Crippen molar-refractivity contribution in [2.24, 2.45) is 10.9 Å². The van der Waals surface area contributed by atoms with Gasteiger partial charge < -0.3 is 10.6 Å². The molecule has 3 unspecified atom stereocenters. The molecule has 0 saturated heterocycles. The topological polar surface area (TPSA) is 36.4 Å². The summed E-state index contributed by atoms with van der Waals surface area (Å²) in [6, 6.07) is 2.84. The standard InChI is InChI=1S/C15H25N3S.HI/c1-4-5-12-8-14(12)18-15(16-3)17-9-11(2)13-6-7-19-10-13;/h6-7,10-12,14H,4-5,8-9H2,1-3H3,(H2,16,17,18);1H. The lowest BCUT2D eigenvalue weighted by atomic mass is 10.1. The molecule has 0 spiro atoms. The van der Waals surface area contributed by atoms with E-state index in [1.807, 2.05) is 7.05 Å². The molecule has 2 rings (SSSR count). The Bertz CT molecular complexity index is 405. The summed E-state index contributed by atoms with van der Waals surface area (Å²) in [5, 5.41) is 11.3. The Morgan fingerprint density at radius 1 is 1.55 bits per heavy atom. The highest BCUT2D eigenvalue weighted by molar-refractivity contribution is 14.0. The van der Waals surface area contributed by atoms with Gasteiger partial charge in [-0.05, 0) is 47.1 Å². The molecule has 0 aromatic carbocycles. The molecule has 114 valence electrons. The van der Waals surface area contributed by atoms with E-state index in [2.05, 4.69) is 46.3 Å². The molecule has 0 aliphatic heterocycles. The molecule has 3 atom stereocenters. The largest absolute Gasteiger partial charge is 0.356 e. The van der Waals surface area contributed by atoms with E-state index in [9.17, 15) is 0 Å². The van der Waals surface area contributed by atoms with E-state index in [0.717, 1.165) is 18.4 Å². The lowest BCUT2D eigenvalue weighted by Crippen LogP contribution is -2.40. The van der Waals surface area contributed by atoms with Crippen LogP contribution in [-0.2, 0) is 0 Å². The summed E-state index contributed by atoms with van der Waals surface area (Å²) in [4.78, 5) is 4.31. The van der Waals surface area contributed by atoms with Crippen molar-refractivity contribution in [3.63, 3.8) is 0 Å². The van der Waals surface area contributed by atoms with E-state index in [1.54, 1.807) is 11.3 Å². The predicted molar refractivity (Wildman–Crippen MR) is 99.4 cm³/mol. The summed E-state index contributed by atoms with van der Waals surface area (Å²) < 4.78 is 0. The molecule has 1 aliphatic rings. The van der Waals surface area contributed by atoms with Gasteiger partial charge in [-0.25, -0.2) is 0 Å². The Morgan fingerprint density at radius 3 is 2.95 bits per heavy atom. The number of aliphatic imine (C=N–C) groups is 1. The van der Waals surface area contributed by atoms with Crippen molar-refractivity contribution in [2.45, 2.75) is 45.1 Å². The van der Waals surface area contributed by atoms with Crippen LogP contribution in [0, 0.1) is 5.92 Å². The van der Waals surface area contributed by atoms with Gasteiger partial charge in [0.05, 0.1) is 0 Å². The Kier molecular flexibility index (Phi) is 7.87. The maximum atomic E-state index is 4.31. The first-order valence-corrected chi connectivity index (χ1v) is 8.18. The summed E-state index contributed by atoms with van der Waals surface area (Å²) in [6.45, 7) is 5.44. The fourth-order valence-corrected chi connectivity index (χ4v) is 3.19. The molecule has 1 heterocycles. The highest BCUT2D eigenvalue weighted by atomic mass is 127. The number of guanidine groups is 1. The number of hydrogen-bond donors (Lipinski definition) is 2. The van der Waals surface area contributed by atoms with Gasteiger partial charge in [0.25, 0.3) is 0 Å². The van der Waals surface area contributed by atoms with Crippen LogP contribution in [0.15, 0.2) is 21.8 Å². The molecule has 0 amide bonds. The lowest BCUT2D eigenvalue weighted by Gasteiger charge is -2.15. The maximum absolute atomic E-state index is 4.31. The normalized spacial score (nSPS) is 22.9. The Labute approximate surface area is 143 Å². The van der Waals surface area contributed by atoms with Crippen LogP contribution in [-0.4, -0.2) is 25.6 Å². The maximum Gasteiger partial charge on any atom is 0.191 e. The van der Waals surface area contributed by atoms with Crippen LogP contribution < -0.4 is 10.6 Å². The second-order valence-electron chi connectivity index (χ2n) is 5.45. The quantitative estimate of drug-likeness (QED) is 0.427. The van der Waals surface area contributed by atoms with Gasteiger partial charge in [-0.2, -0.15) is 11.3 Å². The molecular weight excluding hydrogens is 381 g/mol. The molecular formula is C15H26IN3S. The number of halogens is 1. The Hall–Kier alpha value is -0.300. The van der Waals surface area contributed by atoms with Crippen LogP contribution in [0.5, 0.6) is 0 Å². The Balaban J connectivity index is 0.00000200. The molecule has 3 nitrogen and oxygen atoms in total. The van der Waals surface area contributed by atoms with E-state index < -0.39 is 0 Å². The zero-order chi connectivity index (χ0) is 13.7. The molecule has 0 bridgehead atoms. The third-order valence-electron chi connectivity index (χ3n) is 3.82. The van der Waals surface area contributed by atoms with Crippen LogP contribution in [0.2, 0.25) is 0 Å². The van der Waals surface area contributed by atoms with E-state index in [4.69, 9.17) is 0 Å². The minimum atomic E-state index is 0. The van der Waals surface area contributed by atoms with E-state index in [0.29, 0.717) is 12.0 Å². The zero-order valence-corrected chi connectivity index (χ0v) is 15.7. The first kappa shape index (κ1) is 17.8. The smallest absolute Gasteiger partial charge is 0.191 e. The van der Waals surface area contributed by atoms with Crippen molar-refractivity contribution < 1.29 is 0 Å².